The molecule has 0 N–H and O–H groups in total. The normalized spacial score (nSPS) is 14.6. The maximum absolute atomic E-state index is 13.3. The van der Waals surface area contributed by atoms with Crippen molar-refractivity contribution in [1.29, 1.82) is 0 Å². The van der Waals surface area contributed by atoms with E-state index < -0.39 is 53.4 Å². The summed E-state index contributed by atoms with van der Waals surface area (Å²) in [6.45, 7) is 9.23. The minimum absolute atomic E-state index is 0.257. The summed E-state index contributed by atoms with van der Waals surface area (Å²) in [5.74, 6) is -2.82. The van der Waals surface area contributed by atoms with Crippen LogP contribution >= 0.6 is 0 Å². The Morgan fingerprint density at radius 3 is 1.77 bits per heavy atom. The van der Waals surface area contributed by atoms with E-state index in [2.05, 4.69) is 11.3 Å². The molecule has 0 aliphatic rings. The smallest absolute Gasteiger partial charge is 0.437 e. The number of carbonyl (C=O) groups is 2. The van der Waals surface area contributed by atoms with Gasteiger partial charge in [0.25, 0.3) is 0 Å². The second kappa shape index (κ2) is 7.87. The summed E-state index contributed by atoms with van der Waals surface area (Å²) in [4.78, 5) is 23.3. The van der Waals surface area contributed by atoms with Crippen LogP contribution in [0.5, 0.6) is 0 Å². The Balaban J connectivity index is 5.85. The van der Waals surface area contributed by atoms with E-state index in [4.69, 9.17) is 4.74 Å². The summed E-state index contributed by atoms with van der Waals surface area (Å²) < 4.78 is 88.5. The highest BCUT2D eigenvalue weighted by molar-refractivity contribution is 5.87. The lowest BCUT2D eigenvalue weighted by molar-refractivity contribution is -0.374. The zero-order chi connectivity index (χ0) is 21.1. The molecule has 0 saturated heterocycles. The van der Waals surface area contributed by atoms with Gasteiger partial charge in [-0.1, -0.05) is 13.5 Å². The molecule has 26 heavy (non-hydrogen) atoms. The molecule has 4 nitrogen and oxygen atoms in total. The first-order valence-electron chi connectivity index (χ1n) is 7.64. The van der Waals surface area contributed by atoms with Crippen LogP contribution in [-0.4, -0.2) is 36.0 Å². The Bertz CT molecular complexity index is 534. The van der Waals surface area contributed by atoms with Crippen molar-refractivity contribution < 1.29 is 45.4 Å². The Morgan fingerprint density at radius 2 is 1.46 bits per heavy atom. The Kier molecular flexibility index (Phi) is 7.35. The average Bonchev–Trinajstić information content (AvgIpc) is 2.43. The molecule has 152 valence electrons. The van der Waals surface area contributed by atoms with E-state index in [9.17, 15) is 35.9 Å². The van der Waals surface area contributed by atoms with Crippen LogP contribution in [0.15, 0.2) is 12.2 Å². The van der Waals surface area contributed by atoms with Crippen LogP contribution in [0.2, 0.25) is 0 Å². The summed E-state index contributed by atoms with van der Waals surface area (Å²) >= 11 is 0. The summed E-state index contributed by atoms with van der Waals surface area (Å²) in [6, 6.07) is 0. The fourth-order valence-corrected chi connectivity index (χ4v) is 1.73. The summed E-state index contributed by atoms with van der Waals surface area (Å²) in [6.07, 6.45) is -15.4. The number of alkyl halides is 6. The van der Waals surface area contributed by atoms with Gasteiger partial charge in [-0.2, -0.15) is 26.3 Å². The van der Waals surface area contributed by atoms with Crippen molar-refractivity contribution in [2.75, 3.05) is 0 Å². The summed E-state index contributed by atoms with van der Waals surface area (Å²) in [5, 5.41) is 0. The van der Waals surface area contributed by atoms with Gasteiger partial charge in [0.2, 0.25) is 0 Å². The molecule has 0 spiro atoms. The van der Waals surface area contributed by atoms with Gasteiger partial charge in [-0.05, 0) is 34.1 Å². The van der Waals surface area contributed by atoms with Gasteiger partial charge in [-0.3, -0.25) is 4.79 Å². The van der Waals surface area contributed by atoms with Crippen LogP contribution in [0, 0.1) is 5.41 Å². The van der Waals surface area contributed by atoms with Crippen LogP contribution < -0.4 is 0 Å². The minimum Gasteiger partial charge on any atom is -0.462 e. The third kappa shape index (κ3) is 5.38. The standard InChI is InChI=1S/C16H22F6O4/c1-7-13(5,6)12(24)25-10(4)8-14(15(17,18)19,16(20,21)22)26-11(23)9(2)3/h10H,2,7-8H2,1,3-6H3. The molecule has 0 fully saturated rings. The molecule has 0 radical (unpaired) electrons. The molecule has 0 aromatic carbocycles. The van der Waals surface area contributed by atoms with Gasteiger partial charge < -0.3 is 9.47 Å². The van der Waals surface area contributed by atoms with E-state index in [-0.39, 0.29) is 6.42 Å². The predicted molar refractivity (Wildman–Crippen MR) is 80.0 cm³/mol. The lowest BCUT2D eigenvalue weighted by Crippen LogP contribution is -2.61. The number of hydrogen-bond acceptors (Lipinski definition) is 4. The van der Waals surface area contributed by atoms with Crippen molar-refractivity contribution in [2.24, 2.45) is 5.41 Å². The average molecular weight is 392 g/mol. The Hall–Kier alpha value is -1.74. The number of carbonyl (C=O) groups excluding carboxylic acids is 2. The fraction of sp³-hybridized carbons (Fsp3) is 0.750. The highest BCUT2D eigenvalue weighted by Crippen LogP contribution is 2.49. The number of ether oxygens (including phenoxy) is 2. The van der Waals surface area contributed by atoms with Gasteiger partial charge in [0.1, 0.15) is 6.10 Å². The Labute approximate surface area is 147 Å². The summed E-state index contributed by atoms with van der Waals surface area (Å²) in [7, 11) is 0. The lowest BCUT2D eigenvalue weighted by atomic mass is 9.90. The molecule has 10 heteroatoms. The monoisotopic (exact) mass is 392 g/mol. The molecular formula is C16H22F6O4. The van der Waals surface area contributed by atoms with Crippen molar-refractivity contribution >= 4 is 11.9 Å². The summed E-state index contributed by atoms with van der Waals surface area (Å²) in [5.41, 5.74) is -6.56. The Morgan fingerprint density at radius 1 is 1.04 bits per heavy atom. The van der Waals surface area contributed by atoms with Crippen LogP contribution in [0.25, 0.3) is 0 Å². The maximum atomic E-state index is 13.3. The third-order valence-electron chi connectivity index (χ3n) is 3.85. The molecule has 1 unspecified atom stereocenters. The maximum Gasteiger partial charge on any atom is 0.437 e. The fourth-order valence-electron chi connectivity index (χ4n) is 1.73. The van der Waals surface area contributed by atoms with Crippen molar-refractivity contribution in [3.8, 4) is 0 Å². The zero-order valence-electron chi connectivity index (χ0n) is 15.1. The first-order chi connectivity index (χ1) is 11.4. The quantitative estimate of drug-likeness (QED) is 0.357. The van der Waals surface area contributed by atoms with E-state index in [0.717, 1.165) is 13.8 Å². The highest BCUT2D eigenvalue weighted by atomic mass is 19.4. The molecule has 0 aromatic heterocycles. The largest absolute Gasteiger partial charge is 0.462 e. The van der Waals surface area contributed by atoms with Crippen LogP contribution in [0.4, 0.5) is 26.3 Å². The van der Waals surface area contributed by atoms with Crippen LogP contribution in [-0.2, 0) is 19.1 Å². The molecule has 0 bridgehead atoms. The van der Waals surface area contributed by atoms with Crippen LogP contribution in [0.3, 0.4) is 0 Å². The molecule has 0 heterocycles. The predicted octanol–water partition coefficient (Wildman–Crippen LogP) is 4.73. The first kappa shape index (κ1) is 24.3. The second-order valence-corrected chi connectivity index (χ2v) is 6.65. The highest BCUT2D eigenvalue weighted by Gasteiger charge is 2.74. The second-order valence-electron chi connectivity index (χ2n) is 6.65. The van der Waals surface area contributed by atoms with E-state index in [1.807, 2.05) is 0 Å². The molecule has 0 aliphatic heterocycles. The van der Waals surface area contributed by atoms with Gasteiger partial charge in [0, 0.05) is 12.0 Å². The molecular weight excluding hydrogens is 370 g/mol. The van der Waals surface area contributed by atoms with Gasteiger partial charge in [0.15, 0.2) is 0 Å². The number of halogens is 6. The van der Waals surface area contributed by atoms with Crippen molar-refractivity contribution in [1.82, 2.24) is 0 Å². The third-order valence-corrected chi connectivity index (χ3v) is 3.85. The molecule has 0 rings (SSSR count). The lowest BCUT2D eigenvalue weighted by Gasteiger charge is -2.38. The van der Waals surface area contributed by atoms with Crippen LogP contribution in [0.1, 0.15) is 47.5 Å². The van der Waals surface area contributed by atoms with Crippen molar-refractivity contribution in [3.05, 3.63) is 12.2 Å². The minimum atomic E-state index is -5.99. The first-order valence-corrected chi connectivity index (χ1v) is 7.64. The SMILES string of the molecule is C=C(C)C(=O)OC(CC(C)OC(=O)C(C)(C)CC)(C(F)(F)F)C(F)(F)F. The number of rotatable bonds is 7. The van der Waals surface area contributed by atoms with Gasteiger partial charge >= 0.3 is 29.9 Å². The van der Waals surface area contributed by atoms with Crippen molar-refractivity contribution in [2.45, 2.75) is 71.5 Å². The number of esters is 2. The van der Waals surface area contributed by atoms with Crippen molar-refractivity contribution in [3.63, 3.8) is 0 Å². The molecule has 0 saturated carbocycles. The zero-order valence-corrected chi connectivity index (χ0v) is 15.1. The van der Waals surface area contributed by atoms with Gasteiger partial charge in [0.05, 0.1) is 5.41 Å². The van der Waals surface area contributed by atoms with E-state index in [0.29, 0.717) is 0 Å². The topological polar surface area (TPSA) is 52.6 Å². The van der Waals surface area contributed by atoms with Gasteiger partial charge in [-0.15, -0.1) is 0 Å². The van der Waals surface area contributed by atoms with Gasteiger partial charge in [-0.25, -0.2) is 4.79 Å². The van der Waals surface area contributed by atoms with E-state index >= 15 is 0 Å². The molecule has 0 aliphatic carbocycles. The number of hydrogen-bond donors (Lipinski definition) is 0. The molecule has 1 atom stereocenters. The molecule has 0 amide bonds. The molecule has 0 aromatic rings. The van der Waals surface area contributed by atoms with E-state index in [1.165, 1.54) is 13.8 Å². The van der Waals surface area contributed by atoms with E-state index in [1.54, 1.807) is 6.92 Å².